The van der Waals surface area contributed by atoms with E-state index in [0.29, 0.717) is 20.9 Å². The van der Waals surface area contributed by atoms with Crippen LogP contribution in [0.2, 0.25) is 10.0 Å². The molecule has 2 aromatic carbocycles. The Hall–Kier alpha value is -3.28. The smallest absolute Gasteiger partial charge is 0.319 e. The fourth-order valence-corrected chi connectivity index (χ4v) is 5.77. The summed E-state index contributed by atoms with van der Waals surface area (Å²) in [5.74, 6) is -1.25. The molecule has 0 saturated carbocycles. The van der Waals surface area contributed by atoms with Gasteiger partial charge in [0.15, 0.2) is 10.0 Å². The molecule has 2 amide bonds. The van der Waals surface area contributed by atoms with Crippen molar-refractivity contribution in [2.24, 2.45) is 0 Å². The molecule has 4 rings (SSSR count). The van der Waals surface area contributed by atoms with Gasteiger partial charge in [0.25, 0.3) is 11.8 Å². The predicted molar refractivity (Wildman–Crippen MR) is 158 cm³/mol. The maximum absolute atomic E-state index is 12.8. The van der Waals surface area contributed by atoms with Crippen LogP contribution < -0.4 is 21.3 Å². The molecule has 4 aromatic rings. The van der Waals surface area contributed by atoms with Crippen molar-refractivity contribution in [3.8, 4) is 11.1 Å². The molecule has 0 spiro atoms. The number of aromatic nitrogens is 2. The topological polar surface area (TPSA) is 108 Å². The van der Waals surface area contributed by atoms with Crippen LogP contribution in [0.25, 0.3) is 11.1 Å². The van der Waals surface area contributed by atoms with Gasteiger partial charge in [0.05, 0.1) is 34.5 Å². The van der Waals surface area contributed by atoms with E-state index in [1.165, 1.54) is 24.5 Å². The van der Waals surface area contributed by atoms with Crippen LogP contribution in [0.5, 0.6) is 0 Å². The molecule has 8 nitrogen and oxygen atoms in total. The van der Waals surface area contributed by atoms with E-state index in [1.54, 1.807) is 24.3 Å². The molecule has 44 heavy (non-hydrogen) atoms. The number of thiazole rings is 2. The van der Waals surface area contributed by atoms with Crippen LogP contribution in [0.3, 0.4) is 0 Å². The van der Waals surface area contributed by atoms with E-state index in [1.807, 2.05) is 0 Å². The Morgan fingerprint density at radius 2 is 1.07 bits per heavy atom. The largest absolute Gasteiger partial charge is 0.401 e. The standard InChI is InChI=1S/C26H20Cl2F6N6O2S2/c27-19-15(3-1-5-17(19)39-21(41)23-37-9-13(43-23)7-35-11-25(29,30)31)16-4-2-6-18(20(16)28)40-22(42)24-38-10-14(44-24)8-36-12-26(32,33)34/h1-6,9-10,35-36H,7-8,11-12H2,(H,39,41)(H,40,42). The van der Waals surface area contributed by atoms with Gasteiger partial charge in [-0.1, -0.05) is 47.5 Å². The van der Waals surface area contributed by atoms with Crippen LogP contribution >= 0.6 is 45.9 Å². The molecule has 2 heterocycles. The second-order valence-corrected chi connectivity index (χ2v) is 11.9. The molecule has 0 unspecified atom stereocenters. The Kier molecular flexibility index (Phi) is 10.9. The maximum atomic E-state index is 12.8. The molecular weight excluding hydrogens is 677 g/mol. The van der Waals surface area contributed by atoms with E-state index in [-0.39, 0.29) is 44.5 Å². The molecule has 18 heteroatoms. The lowest BCUT2D eigenvalue weighted by Crippen LogP contribution is -2.27. The van der Waals surface area contributed by atoms with Gasteiger partial charge in [0.1, 0.15) is 0 Å². The highest BCUT2D eigenvalue weighted by molar-refractivity contribution is 7.14. The summed E-state index contributed by atoms with van der Waals surface area (Å²) < 4.78 is 74.1. The van der Waals surface area contributed by atoms with E-state index >= 15 is 0 Å². The van der Waals surface area contributed by atoms with Crippen LogP contribution in [0, 0.1) is 0 Å². The second kappa shape index (κ2) is 14.2. The van der Waals surface area contributed by atoms with Gasteiger partial charge in [0.2, 0.25) is 0 Å². The molecule has 0 saturated heterocycles. The van der Waals surface area contributed by atoms with E-state index in [2.05, 4.69) is 31.2 Å². The molecule has 2 aromatic heterocycles. The number of hydrogen-bond acceptors (Lipinski definition) is 8. The fraction of sp³-hybridized carbons (Fsp3) is 0.231. The van der Waals surface area contributed by atoms with Gasteiger partial charge >= 0.3 is 12.4 Å². The Balaban J connectivity index is 1.44. The zero-order valence-electron chi connectivity index (χ0n) is 22.0. The third-order valence-electron chi connectivity index (χ3n) is 5.53. The lowest BCUT2D eigenvalue weighted by atomic mass is 10.0. The van der Waals surface area contributed by atoms with E-state index < -0.39 is 37.3 Å². The van der Waals surface area contributed by atoms with E-state index in [9.17, 15) is 35.9 Å². The van der Waals surface area contributed by atoms with Gasteiger partial charge in [-0.2, -0.15) is 26.3 Å². The number of carbonyl (C=O) groups is 2. The zero-order valence-corrected chi connectivity index (χ0v) is 25.1. The molecular formula is C26H20Cl2F6N6O2S2. The first-order valence-corrected chi connectivity index (χ1v) is 14.7. The van der Waals surface area contributed by atoms with E-state index in [0.717, 1.165) is 22.7 Å². The average Bonchev–Trinajstić information content (AvgIpc) is 3.60. The van der Waals surface area contributed by atoms with Crippen molar-refractivity contribution in [2.45, 2.75) is 25.4 Å². The van der Waals surface area contributed by atoms with Crippen LogP contribution in [-0.4, -0.2) is 47.2 Å². The molecule has 0 radical (unpaired) electrons. The highest BCUT2D eigenvalue weighted by atomic mass is 35.5. The van der Waals surface area contributed by atoms with Crippen molar-refractivity contribution >= 4 is 69.1 Å². The molecule has 0 fully saturated rings. The number of anilines is 2. The molecule has 0 bridgehead atoms. The fourth-order valence-electron chi connectivity index (χ4n) is 3.67. The van der Waals surface area contributed by atoms with Crippen molar-refractivity contribution in [2.75, 3.05) is 23.7 Å². The zero-order chi connectivity index (χ0) is 32.1. The van der Waals surface area contributed by atoms with Crippen molar-refractivity contribution in [1.82, 2.24) is 20.6 Å². The number of carbonyl (C=O) groups excluding carboxylic acids is 2. The number of benzene rings is 2. The number of nitrogens with one attached hydrogen (secondary N) is 4. The van der Waals surface area contributed by atoms with Crippen molar-refractivity contribution < 1.29 is 35.9 Å². The quantitative estimate of drug-likeness (QED) is 0.122. The first-order chi connectivity index (χ1) is 20.7. The maximum Gasteiger partial charge on any atom is 0.401 e. The first-order valence-electron chi connectivity index (χ1n) is 12.3. The summed E-state index contributed by atoms with van der Waals surface area (Å²) in [7, 11) is 0. The molecule has 0 aliphatic heterocycles. The highest BCUT2D eigenvalue weighted by Crippen LogP contribution is 2.40. The minimum Gasteiger partial charge on any atom is -0.319 e. The third-order valence-corrected chi connectivity index (χ3v) is 8.34. The summed E-state index contributed by atoms with van der Waals surface area (Å²) >= 11 is 15.1. The first kappa shape index (κ1) is 33.6. The Bertz CT molecular complexity index is 1520. The SMILES string of the molecule is O=C(Nc1cccc(-c2cccc(NC(=O)c3ncc(CNCC(F)(F)F)s3)c2Cl)c1Cl)c1ncc(CNCC(F)(F)F)s1. The summed E-state index contributed by atoms with van der Waals surface area (Å²) in [5.41, 5.74) is 1.24. The highest BCUT2D eigenvalue weighted by Gasteiger charge is 2.27. The molecule has 234 valence electrons. The Morgan fingerprint density at radius 1 is 0.682 bits per heavy atom. The van der Waals surface area contributed by atoms with Crippen LogP contribution in [0.1, 0.15) is 29.4 Å². The van der Waals surface area contributed by atoms with Gasteiger partial charge in [0, 0.05) is 46.4 Å². The van der Waals surface area contributed by atoms with Crippen molar-refractivity contribution in [3.63, 3.8) is 0 Å². The number of rotatable bonds is 11. The monoisotopic (exact) mass is 696 g/mol. The summed E-state index contributed by atoms with van der Waals surface area (Å²) in [6.07, 6.45) is -6.13. The number of alkyl halides is 6. The van der Waals surface area contributed by atoms with Gasteiger partial charge in [-0.05, 0) is 12.1 Å². The van der Waals surface area contributed by atoms with Gasteiger partial charge < -0.3 is 21.3 Å². The number of hydrogen-bond donors (Lipinski definition) is 4. The molecule has 4 N–H and O–H groups in total. The third kappa shape index (κ3) is 9.36. The summed E-state index contributed by atoms with van der Waals surface area (Å²) in [6, 6.07) is 9.56. The van der Waals surface area contributed by atoms with E-state index in [4.69, 9.17) is 23.2 Å². The summed E-state index contributed by atoms with van der Waals surface area (Å²) in [5, 5.41) is 10.00. The van der Waals surface area contributed by atoms with Gasteiger partial charge in [-0.3, -0.25) is 9.59 Å². The minimum absolute atomic E-state index is 0.0134. The molecule has 0 aliphatic carbocycles. The second-order valence-electron chi connectivity index (χ2n) is 8.94. The molecule has 0 atom stereocenters. The summed E-state index contributed by atoms with van der Waals surface area (Å²) in [6.45, 7) is -2.59. The number of nitrogens with zero attached hydrogens (tertiary/aromatic N) is 2. The minimum atomic E-state index is -4.37. The number of amides is 2. The predicted octanol–water partition coefficient (Wildman–Crippen LogP) is 7.38. The normalized spacial score (nSPS) is 11.9. The summed E-state index contributed by atoms with van der Waals surface area (Å²) in [4.78, 5) is 34.4. The van der Waals surface area contributed by atoms with Crippen molar-refractivity contribution in [3.05, 3.63) is 78.6 Å². The van der Waals surface area contributed by atoms with Gasteiger partial charge in [-0.15, -0.1) is 22.7 Å². The Morgan fingerprint density at radius 3 is 1.43 bits per heavy atom. The lowest BCUT2D eigenvalue weighted by Gasteiger charge is -2.14. The average molecular weight is 698 g/mol. The van der Waals surface area contributed by atoms with Crippen LogP contribution in [0.4, 0.5) is 37.7 Å². The lowest BCUT2D eigenvalue weighted by molar-refractivity contribution is -0.125. The van der Waals surface area contributed by atoms with Crippen molar-refractivity contribution in [1.29, 1.82) is 0 Å². The Labute approximate surface area is 263 Å². The van der Waals surface area contributed by atoms with Crippen LogP contribution in [-0.2, 0) is 13.1 Å². The van der Waals surface area contributed by atoms with Crippen LogP contribution in [0.15, 0.2) is 48.8 Å². The molecule has 0 aliphatic rings. The number of halogens is 8. The van der Waals surface area contributed by atoms with Gasteiger partial charge in [-0.25, -0.2) is 9.97 Å².